The van der Waals surface area contributed by atoms with Crippen molar-refractivity contribution in [1.82, 2.24) is 9.55 Å². The molecular formula is C16H22F2N2O11. The van der Waals surface area contributed by atoms with E-state index in [2.05, 4.69) is 0 Å². The maximum Gasteiger partial charge on any atom is 0.330 e. The number of aliphatic hydroxyl groups excluding tert-OH is 6. The number of alkyl halides is 2. The zero-order valence-electron chi connectivity index (χ0n) is 15.7. The summed E-state index contributed by atoms with van der Waals surface area (Å²) in [5, 5.41) is 57.3. The van der Waals surface area contributed by atoms with Crippen molar-refractivity contribution in [3.8, 4) is 0 Å². The third-order valence-corrected chi connectivity index (χ3v) is 5.11. The van der Waals surface area contributed by atoms with Gasteiger partial charge in [0.05, 0.1) is 25.4 Å². The lowest BCUT2D eigenvalue weighted by molar-refractivity contribution is -0.304. The van der Waals surface area contributed by atoms with E-state index in [1.165, 1.54) is 0 Å². The third kappa shape index (κ3) is 4.28. The van der Waals surface area contributed by atoms with Crippen LogP contribution in [-0.4, -0.2) is 102 Å². The van der Waals surface area contributed by atoms with Crippen LogP contribution in [0.3, 0.4) is 0 Å². The molecule has 176 valence electrons. The molecular weight excluding hydrogens is 434 g/mol. The van der Waals surface area contributed by atoms with Crippen molar-refractivity contribution in [2.24, 2.45) is 0 Å². The topological polar surface area (TPSA) is 204 Å². The monoisotopic (exact) mass is 456 g/mol. The van der Waals surface area contributed by atoms with E-state index < -0.39 is 91.7 Å². The Morgan fingerprint density at radius 2 is 1.68 bits per heavy atom. The van der Waals surface area contributed by atoms with Crippen LogP contribution in [0.15, 0.2) is 15.8 Å². The summed E-state index contributed by atoms with van der Waals surface area (Å²) in [5.41, 5.74) is -2.69. The molecule has 0 amide bonds. The number of aromatic amines is 1. The Balaban J connectivity index is 1.82. The van der Waals surface area contributed by atoms with Crippen molar-refractivity contribution in [2.45, 2.75) is 61.7 Å². The van der Waals surface area contributed by atoms with Gasteiger partial charge in [-0.3, -0.25) is 14.3 Å². The maximum atomic E-state index is 14.3. The van der Waals surface area contributed by atoms with Crippen molar-refractivity contribution < 1.29 is 53.6 Å². The van der Waals surface area contributed by atoms with Crippen LogP contribution in [0.25, 0.3) is 0 Å². The Morgan fingerprint density at radius 1 is 1.03 bits per heavy atom. The minimum Gasteiger partial charge on any atom is -0.394 e. The van der Waals surface area contributed by atoms with E-state index in [0.29, 0.717) is 10.8 Å². The molecule has 7 N–H and O–H groups in total. The van der Waals surface area contributed by atoms with E-state index in [1.54, 1.807) is 4.98 Å². The molecule has 1 aromatic heterocycles. The lowest BCUT2D eigenvalue weighted by Gasteiger charge is -2.39. The van der Waals surface area contributed by atoms with Gasteiger partial charge in [0.15, 0.2) is 12.4 Å². The highest BCUT2D eigenvalue weighted by molar-refractivity contribution is 5.06. The second kappa shape index (κ2) is 8.97. The van der Waals surface area contributed by atoms with Gasteiger partial charge in [0.25, 0.3) is 5.56 Å². The zero-order valence-corrected chi connectivity index (χ0v) is 15.7. The van der Waals surface area contributed by atoms with Crippen molar-refractivity contribution in [3.05, 3.63) is 32.6 Å². The van der Waals surface area contributed by atoms with Crippen LogP contribution in [-0.2, 0) is 20.8 Å². The Kier molecular flexibility index (Phi) is 6.90. The van der Waals surface area contributed by atoms with Gasteiger partial charge in [0.1, 0.15) is 30.5 Å². The molecule has 0 radical (unpaired) electrons. The number of rotatable bonds is 6. The average molecular weight is 456 g/mol. The van der Waals surface area contributed by atoms with Crippen LogP contribution in [0, 0.1) is 0 Å². The number of hydrogen-bond donors (Lipinski definition) is 7. The summed E-state index contributed by atoms with van der Waals surface area (Å²) in [6.45, 7) is -2.38. The molecule has 5 unspecified atom stereocenters. The smallest absolute Gasteiger partial charge is 0.330 e. The molecule has 1 aromatic rings. The van der Waals surface area contributed by atoms with Crippen LogP contribution in [0.5, 0.6) is 0 Å². The maximum absolute atomic E-state index is 14.3. The Bertz CT molecular complexity index is 891. The van der Waals surface area contributed by atoms with Crippen molar-refractivity contribution >= 4 is 0 Å². The fourth-order valence-corrected chi connectivity index (χ4v) is 3.30. The van der Waals surface area contributed by atoms with Gasteiger partial charge in [0, 0.05) is 6.20 Å². The molecule has 2 fully saturated rings. The molecule has 0 bridgehead atoms. The van der Waals surface area contributed by atoms with Crippen LogP contribution in [0.1, 0.15) is 11.8 Å². The van der Waals surface area contributed by atoms with Crippen LogP contribution in [0.4, 0.5) is 8.78 Å². The Hall–Kier alpha value is -1.82. The molecule has 13 nitrogen and oxygen atoms in total. The zero-order chi connectivity index (χ0) is 23.1. The number of H-pyrrole nitrogens is 1. The van der Waals surface area contributed by atoms with Crippen molar-refractivity contribution in [2.75, 3.05) is 13.2 Å². The van der Waals surface area contributed by atoms with E-state index in [4.69, 9.17) is 24.4 Å². The van der Waals surface area contributed by atoms with Gasteiger partial charge < -0.3 is 44.8 Å². The van der Waals surface area contributed by atoms with Gasteiger partial charge in [-0.15, -0.1) is 0 Å². The summed E-state index contributed by atoms with van der Waals surface area (Å²) in [6, 6.07) is 0. The first-order valence-corrected chi connectivity index (χ1v) is 9.11. The van der Waals surface area contributed by atoms with Gasteiger partial charge >= 0.3 is 11.6 Å². The first kappa shape index (κ1) is 23.8. The molecule has 2 aliphatic rings. The van der Waals surface area contributed by atoms with Crippen LogP contribution in [0.2, 0.25) is 0 Å². The van der Waals surface area contributed by atoms with E-state index in [0.717, 1.165) is 0 Å². The largest absolute Gasteiger partial charge is 0.394 e. The van der Waals surface area contributed by atoms with E-state index in [1.807, 2.05) is 0 Å². The lowest BCUT2D eigenvalue weighted by atomic mass is 9.99. The predicted molar refractivity (Wildman–Crippen MR) is 91.8 cm³/mol. The van der Waals surface area contributed by atoms with Crippen LogP contribution >= 0.6 is 0 Å². The molecule has 0 saturated carbocycles. The van der Waals surface area contributed by atoms with Gasteiger partial charge in [0.2, 0.25) is 6.23 Å². The van der Waals surface area contributed by atoms with Crippen LogP contribution < -0.4 is 11.2 Å². The summed E-state index contributed by atoms with van der Waals surface area (Å²) < 4.78 is 44.1. The molecule has 3 heterocycles. The van der Waals surface area contributed by atoms with E-state index in [9.17, 15) is 38.8 Å². The SMILES string of the molecule is O=c1[nH]c(=O)n([C@@H]2O[C@H](CO)[C@@H](O)C2(F)F)cc1COC1OC(CO)C(O)C(O)C1O. The summed E-state index contributed by atoms with van der Waals surface area (Å²) in [7, 11) is 0. The minimum atomic E-state index is -3.98. The highest BCUT2D eigenvalue weighted by Gasteiger charge is 2.59. The number of nitrogens with zero attached hydrogens (tertiary/aromatic N) is 1. The average Bonchev–Trinajstić information content (AvgIpc) is 2.96. The standard InChI is InChI=1S/C16H22F2N2O11/c17-16(18)11(26)7(3-22)31-14(16)20-1-5(12(27)19-15(20)28)4-29-13-10(25)9(24)8(23)6(2-21)30-13/h1,6-11,13-14,21-26H,2-4H2,(H,19,27,28)/t6?,7-,8?,9?,10?,11-,13?,14-/m1/s1. The van der Waals surface area contributed by atoms with Crippen molar-refractivity contribution in [3.63, 3.8) is 0 Å². The minimum absolute atomic E-state index is 0.312. The summed E-state index contributed by atoms with van der Waals surface area (Å²) in [4.78, 5) is 25.9. The number of aromatic nitrogens is 2. The Morgan fingerprint density at radius 3 is 2.26 bits per heavy atom. The number of ether oxygens (including phenoxy) is 3. The quantitative estimate of drug-likeness (QED) is 0.218. The number of hydrogen-bond acceptors (Lipinski definition) is 11. The molecule has 3 rings (SSSR count). The first-order chi connectivity index (χ1) is 14.5. The highest BCUT2D eigenvalue weighted by atomic mass is 19.3. The van der Waals surface area contributed by atoms with E-state index in [-0.39, 0.29) is 0 Å². The lowest BCUT2D eigenvalue weighted by Crippen LogP contribution is -2.59. The second-order valence-electron chi connectivity index (χ2n) is 7.16. The van der Waals surface area contributed by atoms with Gasteiger partial charge in [-0.25, -0.2) is 4.79 Å². The van der Waals surface area contributed by atoms with Gasteiger partial charge in [-0.2, -0.15) is 8.78 Å². The molecule has 15 heteroatoms. The number of aliphatic hydroxyl groups is 6. The fraction of sp³-hybridized carbons (Fsp3) is 0.750. The van der Waals surface area contributed by atoms with E-state index >= 15 is 0 Å². The summed E-state index contributed by atoms with van der Waals surface area (Å²) in [6.07, 6.45) is -13.8. The van der Waals surface area contributed by atoms with Gasteiger partial charge in [-0.1, -0.05) is 0 Å². The molecule has 0 aromatic carbocycles. The normalized spacial score (nSPS) is 37.8. The molecule has 8 atom stereocenters. The number of halogens is 2. The predicted octanol–water partition coefficient (Wildman–Crippen LogP) is -4.26. The van der Waals surface area contributed by atoms with Crippen molar-refractivity contribution in [1.29, 1.82) is 0 Å². The number of nitrogens with one attached hydrogen (secondary N) is 1. The molecule has 31 heavy (non-hydrogen) atoms. The summed E-state index contributed by atoms with van der Waals surface area (Å²) >= 11 is 0. The molecule has 0 aliphatic carbocycles. The second-order valence-corrected chi connectivity index (χ2v) is 7.16. The Labute approximate surface area is 171 Å². The van der Waals surface area contributed by atoms with Gasteiger partial charge in [-0.05, 0) is 0 Å². The molecule has 2 aliphatic heterocycles. The molecule has 0 spiro atoms. The fourth-order valence-electron chi connectivity index (χ4n) is 3.30. The summed E-state index contributed by atoms with van der Waals surface area (Å²) in [5.74, 6) is -3.98. The first-order valence-electron chi connectivity index (χ1n) is 9.11. The molecule has 2 saturated heterocycles. The highest BCUT2D eigenvalue weighted by Crippen LogP contribution is 2.42. The third-order valence-electron chi connectivity index (χ3n) is 5.11.